The number of nitrogens with zero attached hydrogens (tertiary/aromatic N) is 1. The van der Waals surface area contributed by atoms with Gasteiger partial charge in [0, 0.05) is 13.1 Å². The number of hydrogen-bond donors (Lipinski definition) is 1. The minimum Gasteiger partial charge on any atom is -0.480 e. The minimum atomic E-state index is -0.700. The second kappa shape index (κ2) is 7.44. The van der Waals surface area contributed by atoms with Crippen LogP contribution in [-0.2, 0) is 4.79 Å². The van der Waals surface area contributed by atoms with Crippen LogP contribution in [0.5, 0.6) is 0 Å². The van der Waals surface area contributed by atoms with E-state index in [1.54, 1.807) is 0 Å². The fourth-order valence-electron chi connectivity index (χ4n) is 3.49. The van der Waals surface area contributed by atoms with Crippen molar-refractivity contribution in [1.29, 1.82) is 0 Å². The van der Waals surface area contributed by atoms with Gasteiger partial charge in [-0.15, -0.1) is 0 Å². The van der Waals surface area contributed by atoms with Crippen molar-refractivity contribution in [3.05, 3.63) is 0 Å². The van der Waals surface area contributed by atoms with Crippen molar-refractivity contribution in [1.82, 2.24) is 4.90 Å². The van der Waals surface area contributed by atoms with Crippen molar-refractivity contribution in [2.75, 3.05) is 19.6 Å². The molecule has 1 aliphatic rings. The van der Waals surface area contributed by atoms with Crippen LogP contribution in [0.25, 0.3) is 0 Å². The van der Waals surface area contributed by atoms with Crippen LogP contribution >= 0.6 is 0 Å². The van der Waals surface area contributed by atoms with Gasteiger partial charge in [-0.3, -0.25) is 9.69 Å². The standard InChI is InChI=1S/C17H33NO2/c1-13(2)10-18(12-16(19)20)11-14-6-8-15(9-7-14)17(3,4)5/h13-15H,6-12H2,1-5H3,(H,19,20). The zero-order chi connectivity index (χ0) is 15.3. The highest BCUT2D eigenvalue weighted by molar-refractivity contribution is 5.69. The maximum absolute atomic E-state index is 11.0. The van der Waals surface area contributed by atoms with E-state index in [2.05, 4.69) is 39.5 Å². The summed E-state index contributed by atoms with van der Waals surface area (Å²) < 4.78 is 0. The number of hydrogen-bond acceptors (Lipinski definition) is 2. The van der Waals surface area contributed by atoms with Gasteiger partial charge in [-0.1, -0.05) is 34.6 Å². The molecule has 0 unspecified atom stereocenters. The van der Waals surface area contributed by atoms with Gasteiger partial charge in [0.25, 0.3) is 0 Å². The van der Waals surface area contributed by atoms with E-state index in [1.165, 1.54) is 25.7 Å². The molecule has 0 atom stereocenters. The average molecular weight is 283 g/mol. The van der Waals surface area contributed by atoms with E-state index in [0.29, 0.717) is 17.3 Å². The molecule has 20 heavy (non-hydrogen) atoms. The molecule has 3 heteroatoms. The SMILES string of the molecule is CC(C)CN(CC(=O)O)CC1CCC(C(C)(C)C)CC1. The number of rotatable bonds is 6. The van der Waals surface area contributed by atoms with Gasteiger partial charge in [-0.05, 0) is 48.9 Å². The van der Waals surface area contributed by atoms with Crippen molar-refractivity contribution in [2.45, 2.75) is 60.3 Å². The molecule has 0 aromatic rings. The number of carboxylic acids is 1. The fourth-order valence-corrected chi connectivity index (χ4v) is 3.49. The molecular formula is C17H33NO2. The Kier molecular flexibility index (Phi) is 6.50. The fraction of sp³-hybridized carbons (Fsp3) is 0.941. The van der Waals surface area contributed by atoms with E-state index < -0.39 is 5.97 Å². The van der Waals surface area contributed by atoms with Crippen LogP contribution in [0.15, 0.2) is 0 Å². The third kappa shape index (κ3) is 6.25. The lowest BCUT2D eigenvalue weighted by atomic mass is 9.70. The molecule has 0 amide bonds. The molecule has 0 spiro atoms. The van der Waals surface area contributed by atoms with Gasteiger partial charge in [0.1, 0.15) is 0 Å². The summed E-state index contributed by atoms with van der Waals surface area (Å²) in [6.45, 7) is 13.4. The highest BCUT2D eigenvalue weighted by atomic mass is 16.4. The molecule has 1 rings (SSSR count). The maximum Gasteiger partial charge on any atom is 0.317 e. The van der Waals surface area contributed by atoms with Gasteiger partial charge in [-0.25, -0.2) is 0 Å². The van der Waals surface area contributed by atoms with Gasteiger partial charge in [0.15, 0.2) is 0 Å². The second-order valence-electron chi connectivity index (χ2n) is 8.07. The molecule has 0 radical (unpaired) electrons. The van der Waals surface area contributed by atoms with Gasteiger partial charge in [-0.2, -0.15) is 0 Å². The normalized spacial score (nSPS) is 24.4. The van der Waals surface area contributed by atoms with Gasteiger partial charge in [0.2, 0.25) is 0 Å². The highest BCUT2D eigenvalue weighted by Crippen LogP contribution is 2.39. The molecule has 1 aliphatic carbocycles. The molecule has 0 aromatic carbocycles. The Morgan fingerprint density at radius 1 is 1.20 bits per heavy atom. The quantitative estimate of drug-likeness (QED) is 0.804. The van der Waals surface area contributed by atoms with Crippen molar-refractivity contribution >= 4 is 5.97 Å². The molecule has 1 fully saturated rings. The Morgan fingerprint density at radius 3 is 2.15 bits per heavy atom. The van der Waals surface area contributed by atoms with Crippen molar-refractivity contribution < 1.29 is 9.90 Å². The average Bonchev–Trinajstić information content (AvgIpc) is 2.26. The van der Waals surface area contributed by atoms with Crippen LogP contribution in [0.3, 0.4) is 0 Å². The summed E-state index contributed by atoms with van der Waals surface area (Å²) in [7, 11) is 0. The van der Waals surface area contributed by atoms with E-state index in [4.69, 9.17) is 5.11 Å². The highest BCUT2D eigenvalue weighted by Gasteiger charge is 2.30. The Labute approximate surface area is 124 Å². The Balaban J connectivity index is 2.44. The number of carboxylic acid groups (broad SMARTS) is 1. The van der Waals surface area contributed by atoms with Crippen LogP contribution in [0.4, 0.5) is 0 Å². The molecule has 0 aromatic heterocycles. The van der Waals surface area contributed by atoms with E-state index in [0.717, 1.165) is 19.0 Å². The molecule has 0 heterocycles. The van der Waals surface area contributed by atoms with Crippen LogP contribution < -0.4 is 0 Å². The number of aliphatic carboxylic acids is 1. The van der Waals surface area contributed by atoms with Gasteiger partial charge >= 0.3 is 5.97 Å². The summed E-state index contributed by atoms with van der Waals surface area (Å²) >= 11 is 0. The smallest absolute Gasteiger partial charge is 0.317 e. The first-order valence-corrected chi connectivity index (χ1v) is 8.12. The van der Waals surface area contributed by atoms with Gasteiger partial charge < -0.3 is 5.11 Å². The first kappa shape index (κ1) is 17.5. The summed E-state index contributed by atoms with van der Waals surface area (Å²) in [5.74, 6) is 1.35. The summed E-state index contributed by atoms with van der Waals surface area (Å²) in [5, 5.41) is 9.03. The van der Waals surface area contributed by atoms with E-state index in [1.807, 2.05) is 0 Å². The third-order valence-corrected chi connectivity index (χ3v) is 4.57. The molecule has 1 N–H and O–H groups in total. The Morgan fingerprint density at radius 2 is 1.75 bits per heavy atom. The zero-order valence-corrected chi connectivity index (χ0v) is 14.0. The monoisotopic (exact) mass is 283 g/mol. The largest absolute Gasteiger partial charge is 0.480 e. The Hall–Kier alpha value is -0.570. The predicted molar refractivity (Wildman–Crippen MR) is 83.8 cm³/mol. The summed E-state index contributed by atoms with van der Waals surface area (Å²) in [4.78, 5) is 13.1. The van der Waals surface area contributed by atoms with Crippen LogP contribution in [-0.4, -0.2) is 35.6 Å². The molecule has 0 saturated heterocycles. The summed E-state index contributed by atoms with van der Waals surface area (Å²) in [5.41, 5.74) is 0.420. The minimum absolute atomic E-state index is 0.192. The Bertz CT molecular complexity index is 299. The first-order chi connectivity index (χ1) is 9.18. The second-order valence-corrected chi connectivity index (χ2v) is 8.07. The zero-order valence-electron chi connectivity index (χ0n) is 14.0. The maximum atomic E-state index is 11.0. The van der Waals surface area contributed by atoms with Crippen LogP contribution in [0, 0.1) is 23.2 Å². The lowest BCUT2D eigenvalue weighted by molar-refractivity contribution is -0.138. The van der Waals surface area contributed by atoms with Crippen LogP contribution in [0.2, 0.25) is 0 Å². The molecule has 118 valence electrons. The van der Waals surface area contributed by atoms with Gasteiger partial charge in [0.05, 0.1) is 6.54 Å². The van der Waals surface area contributed by atoms with Crippen molar-refractivity contribution in [3.63, 3.8) is 0 Å². The predicted octanol–water partition coefficient (Wildman–Crippen LogP) is 3.88. The van der Waals surface area contributed by atoms with E-state index >= 15 is 0 Å². The molecule has 0 bridgehead atoms. The molecule has 0 aliphatic heterocycles. The molecule has 1 saturated carbocycles. The van der Waals surface area contributed by atoms with Crippen molar-refractivity contribution in [2.24, 2.45) is 23.2 Å². The summed E-state index contributed by atoms with van der Waals surface area (Å²) in [6, 6.07) is 0. The van der Waals surface area contributed by atoms with E-state index in [-0.39, 0.29) is 6.54 Å². The van der Waals surface area contributed by atoms with Crippen molar-refractivity contribution in [3.8, 4) is 0 Å². The number of carbonyl (C=O) groups is 1. The first-order valence-electron chi connectivity index (χ1n) is 8.12. The molecular weight excluding hydrogens is 250 g/mol. The van der Waals surface area contributed by atoms with E-state index in [9.17, 15) is 4.79 Å². The third-order valence-electron chi connectivity index (χ3n) is 4.57. The molecule has 3 nitrogen and oxygen atoms in total. The van der Waals surface area contributed by atoms with Crippen LogP contribution in [0.1, 0.15) is 60.3 Å². The lowest BCUT2D eigenvalue weighted by Crippen LogP contribution is -2.38. The summed E-state index contributed by atoms with van der Waals surface area (Å²) in [6.07, 6.45) is 5.12. The lowest BCUT2D eigenvalue weighted by Gasteiger charge is -2.38. The topological polar surface area (TPSA) is 40.5 Å².